The topological polar surface area (TPSA) is 50.3 Å². The monoisotopic (exact) mass is 266 g/mol. The van der Waals surface area contributed by atoms with E-state index < -0.39 is 0 Å². The Bertz CT molecular complexity index is 382. The normalized spacial score (nSPS) is 10.8. The van der Waals surface area contributed by atoms with E-state index in [2.05, 4.69) is 41.0 Å². The zero-order valence-corrected chi connectivity index (χ0v) is 12.7. The molecule has 0 aliphatic rings. The summed E-state index contributed by atoms with van der Waals surface area (Å²) in [5.41, 5.74) is 0. The van der Waals surface area contributed by atoms with E-state index >= 15 is 0 Å². The molecule has 0 radical (unpaired) electrons. The van der Waals surface area contributed by atoms with Crippen LogP contribution in [0.25, 0.3) is 0 Å². The molecular weight excluding hydrogens is 240 g/mol. The lowest BCUT2D eigenvalue weighted by Crippen LogP contribution is -2.35. The predicted molar refractivity (Wildman–Crippen MR) is 79.0 cm³/mol. The molecule has 0 unspecified atom stereocenters. The number of hydrogen-bond donors (Lipinski definition) is 1. The van der Waals surface area contributed by atoms with Crippen molar-refractivity contribution in [3.05, 3.63) is 11.9 Å². The Balaban J connectivity index is 2.73. The number of aromatic nitrogens is 2. The molecule has 0 atom stereocenters. The second-order valence-electron chi connectivity index (χ2n) is 4.73. The van der Waals surface area contributed by atoms with Gasteiger partial charge in [-0.2, -0.15) is 4.98 Å². The second kappa shape index (κ2) is 7.94. The van der Waals surface area contributed by atoms with Gasteiger partial charge in [0.25, 0.3) is 0 Å². The Hall–Kier alpha value is -1.36. The molecule has 0 amide bonds. The van der Waals surface area contributed by atoms with Gasteiger partial charge in [-0.25, -0.2) is 4.98 Å². The van der Waals surface area contributed by atoms with Crippen molar-refractivity contribution < 1.29 is 4.74 Å². The SMILES string of the molecule is CCOc1cc(N(CC)CCNC(C)C)nc(C)n1. The highest BCUT2D eigenvalue weighted by Gasteiger charge is 2.09. The molecule has 0 aliphatic heterocycles. The number of nitrogens with zero attached hydrogens (tertiary/aromatic N) is 3. The van der Waals surface area contributed by atoms with E-state index in [-0.39, 0.29) is 0 Å². The van der Waals surface area contributed by atoms with E-state index in [4.69, 9.17) is 4.74 Å². The quantitative estimate of drug-likeness (QED) is 0.780. The average molecular weight is 266 g/mol. The minimum absolute atomic E-state index is 0.504. The summed E-state index contributed by atoms with van der Waals surface area (Å²) < 4.78 is 5.47. The summed E-state index contributed by atoms with van der Waals surface area (Å²) in [5, 5.41) is 3.42. The van der Waals surface area contributed by atoms with Gasteiger partial charge < -0.3 is 15.0 Å². The molecule has 0 aromatic carbocycles. The zero-order chi connectivity index (χ0) is 14.3. The van der Waals surface area contributed by atoms with Crippen molar-refractivity contribution in [2.45, 2.75) is 40.7 Å². The first-order valence-corrected chi connectivity index (χ1v) is 7.03. The number of aryl methyl sites for hydroxylation is 1. The van der Waals surface area contributed by atoms with Crippen LogP contribution in [0, 0.1) is 6.92 Å². The highest BCUT2D eigenvalue weighted by Crippen LogP contribution is 2.17. The lowest BCUT2D eigenvalue weighted by Gasteiger charge is -2.23. The maximum atomic E-state index is 5.47. The van der Waals surface area contributed by atoms with Crippen LogP contribution in [0.2, 0.25) is 0 Å². The lowest BCUT2D eigenvalue weighted by molar-refractivity contribution is 0.325. The molecule has 1 rings (SSSR count). The standard InChI is InChI=1S/C14H26N4O/c1-6-18(9-8-15-11(3)4)13-10-14(19-7-2)17-12(5)16-13/h10-11,15H,6-9H2,1-5H3. The lowest BCUT2D eigenvalue weighted by atomic mass is 10.3. The summed E-state index contributed by atoms with van der Waals surface area (Å²) in [6, 6.07) is 2.42. The predicted octanol–water partition coefficient (Wildman–Crippen LogP) is 2.01. The van der Waals surface area contributed by atoms with Crippen LogP contribution >= 0.6 is 0 Å². The van der Waals surface area contributed by atoms with Crippen molar-refractivity contribution >= 4 is 5.82 Å². The molecule has 1 aromatic rings. The van der Waals surface area contributed by atoms with Gasteiger partial charge in [0, 0.05) is 31.7 Å². The molecule has 0 aliphatic carbocycles. The van der Waals surface area contributed by atoms with Crippen molar-refractivity contribution in [1.82, 2.24) is 15.3 Å². The first-order chi connectivity index (χ1) is 9.06. The van der Waals surface area contributed by atoms with Crippen molar-refractivity contribution in [3.8, 4) is 5.88 Å². The molecule has 5 heteroatoms. The van der Waals surface area contributed by atoms with E-state index in [0.29, 0.717) is 18.5 Å². The molecule has 5 nitrogen and oxygen atoms in total. The fourth-order valence-corrected chi connectivity index (χ4v) is 1.83. The Kier molecular flexibility index (Phi) is 6.56. The molecule has 0 saturated carbocycles. The second-order valence-corrected chi connectivity index (χ2v) is 4.73. The summed E-state index contributed by atoms with van der Waals surface area (Å²) >= 11 is 0. The molecule has 108 valence electrons. The molecule has 0 fully saturated rings. The first-order valence-electron chi connectivity index (χ1n) is 7.03. The molecule has 0 spiro atoms. The Morgan fingerprint density at radius 1 is 1.32 bits per heavy atom. The maximum absolute atomic E-state index is 5.47. The molecule has 0 saturated heterocycles. The third-order valence-corrected chi connectivity index (χ3v) is 2.73. The van der Waals surface area contributed by atoms with Gasteiger partial charge in [0.2, 0.25) is 5.88 Å². The molecule has 1 heterocycles. The van der Waals surface area contributed by atoms with Gasteiger partial charge in [-0.3, -0.25) is 0 Å². The van der Waals surface area contributed by atoms with E-state index in [1.807, 2.05) is 19.9 Å². The highest BCUT2D eigenvalue weighted by atomic mass is 16.5. The van der Waals surface area contributed by atoms with Crippen molar-refractivity contribution in [3.63, 3.8) is 0 Å². The van der Waals surface area contributed by atoms with E-state index in [0.717, 1.165) is 31.3 Å². The fourth-order valence-electron chi connectivity index (χ4n) is 1.83. The molecule has 19 heavy (non-hydrogen) atoms. The van der Waals surface area contributed by atoms with Gasteiger partial charge in [0.05, 0.1) is 6.61 Å². The summed E-state index contributed by atoms with van der Waals surface area (Å²) in [6.45, 7) is 13.7. The molecule has 1 aromatic heterocycles. The van der Waals surface area contributed by atoms with Gasteiger partial charge in [-0.05, 0) is 20.8 Å². The highest BCUT2D eigenvalue weighted by molar-refractivity contribution is 5.41. The third-order valence-electron chi connectivity index (χ3n) is 2.73. The largest absolute Gasteiger partial charge is 0.478 e. The third kappa shape index (κ3) is 5.42. The minimum Gasteiger partial charge on any atom is -0.478 e. The van der Waals surface area contributed by atoms with Crippen LogP contribution in [0.5, 0.6) is 5.88 Å². The van der Waals surface area contributed by atoms with Gasteiger partial charge in [-0.15, -0.1) is 0 Å². The molecular formula is C14H26N4O. The molecule has 1 N–H and O–H groups in total. The summed E-state index contributed by atoms with van der Waals surface area (Å²) in [5.74, 6) is 2.33. The van der Waals surface area contributed by atoms with Crippen molar-refractivity contribution in [2.24, 2.45) is 0 Å². The zero-order valence-electron chi connectivity index (χ0n) is 12.7. The van der Waals surface area contributed by atoms with E-state index in [9.17, 15) is 0 Å². The molecule has 0 bridgehead atoms. The van der Waals surface area contributed by atoms with E-state index in [1.54, 1.807) is 0 Å². The smallest absolute Gasteiger partial charge is 0.218 e. The summed E-state index contributed by atoms with van der Waals surface area (Å²) in [7, 11) is 0. The van der Waals surface area contributed by atoms with Crippen LogP contribution in [-0.2, 0) is 0 Å². The number of rotatable bonds is 8. The summed E-state index contributed by atoms with van der Waals surface area (Å²) in [4.78, 5) is 11.0. The van der Waals surface area contributed by atoms with E-state index in [1.165, 1.54) is 0 Å². The number of nitrogens with one attached hydrogen (secondary N) is 1. The first kappa shape index (κ1) is 15.7. The van der Waals surface area contributed by atoms with Crippen LogP contribution in [0.15, 0.2) is 6.07 Å². The van der Waals surface area contributed by atoms with Crippen LogP contribution in [-0.4, -0.2) is 42.3 Å². The Morgan fingerprint density at radius 2 is 2.05 bits per heavy atom. The number of likely N-dealkylation sites (N-methyl/N-ethyl adjacent to an activating group) is 1. The Morgan fingerprint density at radius 3 is 2.63 bits per heavy atom. The fraction of sp³-hybridized carbons (Fsp3) is 0.714. The van der Waals surface area contributed by atoms with Crippen LogP contribution < -0.4 is 15.0 Å². The van der Waals surface area contributed by atoms with Crippen LogP contribution in [0.4, 0.5) is 5.82 Å². The van der Waals surface area contributed by atoms with Crippen LogP contribution in [0.3, 0.4) is 0 Å². The maximum Gasteiger partial charge on any atom is 0.218 e. The van der Waals surface area contributed by atoms with Crippen molar-refractivity contribution in [1.29, 1.82) is 0 Å². The summed E-state index contributed by atoms with van der Waals surface area (Å²) in [6.07, 6.45) is 0. The number of hydrogen-bond acceptors (Lipinski definition) is 5. The van der Waals surface area contributed by atoms with Gasteiger partial charge in [-0.1, -0.05) is 13.8 Å². The van der Waals surface area contributed by atoms with Gasteiger partial charge in [0.1, 0.15) is 11.6 Å². The van der Waals surface area contributed by atoms with Crippen molar-refractivity contribution in [2.75, 3.05) is 31.1 Å². The Labute approximate surface area is 116 Å². The minimum atomic E-state index is 0.504. The number of anilines is 1. The number of ether oxygens (including phenoxy) is 1. The van der Waals surface area contributed by atoms with Gasteiger partial charge in [0.15, 0.2) is 0 Å². The van der Waals surface area contributed by atoms with Crippen LogP contribution in [0.1, 0.15) is 33.5 Å². The average Bonchev–Trinajstić information content (AvgIpc) is 2.34. The van der Waals surface area contributed by atoms with Gasteiger partial charge >= 0.3 is 0 Å².